The van der Waals surface area contributed by atoms with Gasteiger partial charge in [-0.3, -0.25) is 19.2 Å². The highest BCUT2D eigenvalue weighted by Crippen LogP contribution is 2.11. The molecule has 30 heavy (non-hydrogen) atoms. The molecule has 0 aromatic heterocycles. The topological polar surface area (TPSA) is 108 Å². The highest BCUT2D eigenvalue weighted by Gasteiger charge is 2.24. The summed E-state index contributed by atoms with van der Waals surface area (Å²) in [6.07, 6.45) is 0.719. The number of likely N-dealkylation sites (N-methyl/N-ethyl adjacent to an activating group) is 1. The Balaban J connectivity index is 4.96. The van der Waals surface area contributed by atoms with Gasteiger partial charge in [-0.1, -0.05) is 38.8 Å². The predicted octanol–water partition coefficient (Wildman–Crippen LogP) is 1.61. The van der Waals surface area contributed by atoms with Crippen LogP contribution in [0.1, 0.15) is 61.3 Å². The van der Waals surface area contributed by atoms with E-state index in [1.807, 2.05) is 41.5 Å². The highest BCUT2D eigenvalue weighted by molar-refractivity contribution is 5.88. The van der Waals surface area contributed by atoms with E-state index in [0.29, 0.717) is 6.42 Å². The van der Waals surface area contributed by atoms with Crippen LogP contribution >= 0.6 is 0 Å². The first-order valence-electron chi connectivity index (χ1n) is 10.5. The zero-order chi connectivity index (χ0) is 23.6. The van der Waals surface area contributed by atoms with Gasteiger partial charge in [-0.05, 0) is 32.1 Å². The van der Waals surface area contributed by atoms with E-state index in [9.17, 15) is 19.2 Å². The molecule has 0 saturated carbocycles. The van der Waals surface area contributed by atoms with Crippen LogP contribution in [0.3, 0.4) is 0 Å². The summed E-state index contributed by atoms with van der Waals surface area (Å²) in [7, 11) is 3.34. The van der Waals surface area contributed by atoms with E-state index in [2.05, 4.69) is 16.0 Å². The van der Waals surface area contributed by atoms with Gasteiger partial charge in [0.25, 0.3) is 0 Å². The third kappa shape index (κ3) is 10.4. The average Bonchev–Trinajstić information content (AvgIpc) is 2.61. The van der Waals surface area contributed by atoms with Crippen molar-refractivity contribution in [1.29, 1.82) is 0 Å². The normalized spacial score (nSPS) is 14.0. The molecule has 0 aliphatic heterocycles. The summed E-state index contributed by atoms with van der Waals surface area (Å²) in [5.74, 6) is -0.641. The van der Waals surface area contributed by atoms with Gasteiger partial charge >= 0.3 is 0 Å². The van der Waals surface area contributed by atoms with E-state index in [-0.39, 0.29) is 48.4 Å². The number of nitrogens with zero attached hydrogens (tertiary/aromatic N) is 1. The highest BCUT2D eigenvalue weighted by atomic mass is 16.2. The SMILES string of the molecule is CC(=O)N[C@H](C(=O)NC/C(C)=C(\C)CC(=O)[15NH][C@@H](CC(C)C)C(=O)N(C)C)C(C)C. The molecule has 4 amide bonds. The van der Waals surface area contributed by atoms with Crippen molar-refractivity contribution >= 4 is 23.6 Å². The number of carbonyl (C=O) groups excluding carboxylic acids is 4. The van der Waals surface area contributed by atoms with Gasteiger partial charge in [0.05, 0.1) is 0 Å². The van der Waals surface area contributed by atoms with Crippen LogP contribution < -0.4 is 16.0 Å². The number of hydrogen-bond acceptors (Lipinski definition) is 4. The molecule has 0 aliphatic rings. The average molecular weight is 426 g/mol. The van der Waals surface area contributed by atoms with Crippen LogP contribution in [0.15, 0.2) is 11.1 Å². The minimum atomic E-state index is -0.604. The summed E-state index contributed by atoms with van der Waals surface area (Å²) in [4.78, 5) is 50.0. The maximum Gasteiger partial charge on any atom is 0.244 e. The molecule has 0 aliphatic carbocycles. The van der Waals surface area contributed by atoms with Crippen LogP contribution in [0.4, 0.5) is 0 Å². The third-order valence-electron chi connectivity index (χ3n) is 4.77. The monoisotopic (exact) mass is 425 g/mol. The maximum atomic E-state index is 12.5. The number of nitrogens with one attached hydrogen (secondary N) is 3. The molecular weight excluding hydrogens is 385 g/mol. The van der Waals surface area contributed by atoms with E-state index >= 15 is 0 Å². The molecule has 0 rings (SSSR count). The number of hydrogen-bond donors (Lipinski definition) is 3. The molecule has 0 unspecified atom stereocenters. The smallest absolute Gasteiger partial charge is 0.244 e. The molecule has 172 valence electrons. The second-order valence-corrected chi connectivity index (χ2v) is 8.86. The van der Waals surface area contributed by atoms with E-state index in [0.717, 1.165) is 11.1 Å². The Morgan fingerprint density at radius 3 is 1.87 bits per heavy atom. The molecule has 0 radical (unpaired) electrons. The fourth-order valence-electron chi connectivity index (χ4n) is 2.88. The van der Waals surface area contributed by atoms with Crippen molar-refractivity contribution in [2.45, 2.75) is 73.4 Å². The Hall–Kier alpha value is -2.38. The molecule has 0 heterocycles. The Morgan fingerprint density at radius 2 is 1.43 bits per heavy atom. The number of amides is 4. The number of rotatable bonds is 11. The first kappa shape index (κ1) is 27.6. The van der Waals surface area contributed by atoms with Crippen LogP contribution in [-0.4, -0.2) is 61.3 Å². The quantitative estimate of drug-likeness (QED) is 0.345. The minimum absolute atomic E-state index is 0.0443. The van der Waals surface area contributed by atoms with E-state index < -0.39 is 12.1 Å². The second kappa shape index (κ2) is 13.0. The molecule has 0 aromatic rings. The van der Waals surface area contributed by atoms with Gasteiger partial charge in [0.1, 0.15) is 12.1 Å². The van der Waals surface area contributed by atoms with Gasteiger partial charge in [0, 0.05) is 34.0 Å². The van der Waals surface area contributed by atoms with Gasteiger partial charge < -0.3 is 20.9 Å². The van der Waals surface area contributed by atoms with E-state index in [1.165, 1.54) is 11.8 Å². The van der Waals surface area contributed by atoms with Crippen LogP contribution in [0.5, 0.6) is 0 Å². The summed E-state index contributed by atoms with van der Waals surface area (Å²) in [6.45, 7) is 13.1. The molecule has 3 N–H and O–H groups in total. The fourth-order valence-corrected chi connectivity index (χ4v) is 2.88. The van der Waals surface area contributed by atoms with Crippen LogP contribution in [0.2, 0.25) is 0 Å². The standard InChI is InChI=1S/C22H40N4O4/c1-13(2)10-18(22(30)26(8)9)25-19(28)11-15(5)16(6)12-23-21(29)20(14(3)4)24-17(7)27/h13-14,18,20H,10-12H2,1-9H3,(H,23,29)(H,24,27)(H,25,28)/b16-15+/t18-,20-/m0/s1/i25+1. The van der Waals surface area contributed by atoms with Crippen LogP contribution in [0, 0.1) is 11.8 Å². The Morgan fingerprint density at radius 1 is 0.867 bits per heavy atom. The third-order valence-corrected chi connectivity index (χ3v) is 4.77. The van der Waals surface area contributed by atoms with Gasteiger partial charge in [0.2, 0.25) is 23.6 Å². The molecule has 0 aromatic carbocycles. The van der Waals surface area contributed by atoms with Gasteiger partial charge in [0.15, 0.2) is 0 Å². The van der Waals surface area contributed by atoms with Gasteiger partial charge in [-0.25, -0.2) is 0 Å². The summed E-state index contributed by atoms with van der Waals surface area (Å²) < 4.78 is 0. The van der Waals surface area contributed by atoms with Crippen molar-refractivity contribution in [2.24, 2.45) is 11.8 Å². The lowest BCUT2D eigenvalue weighted by Crippen LogP contribution is -2.49. The fraction of sp³-hybridized carbons (Fsp3) is 0.727. The van der Waals surface area contributed by atoms with Crippen LogP contribution in [-0.2, 0) is 19.2 Å². The first-order chi connectivity index (χ1) is 13.8. The molecule has 0 spiro atoms. The summed E-state index contributed by atoms with van der Waals surface area (Å²) >= 11 is 0. The molecule has 0 saturated heterocycles. The van der Waals surface area contributed by atoms with Crippen molar-refractivity contribution in [1.82, 2.24) is 20.9 Å². The lowest BCUT2D eigenvalue weighted by molar-refractivity contribution is -0.134. The molecule has 8 heteroatoms. The zero-order valence-electron chi connectivity index (χ0n) is 20.0. The van der Waals surface area contributed by atoms with Crippen molar-refractivity contribution in [3.63, 3.8) is 0 Å². The Bertz CT molecular complexity index is 654. The number of carbonyl (C=O) groups is 4. The maximum absolute atomic E-state index is 12.5. The van der Waals surface area contributed by atoms with E-state index in [1.54, 1.807) is 14.1 Å². The first-order valence-corrected chi connectivity index (χ1v) is 10.5. The lowest BCUT2D eigenvalue weighted by Gasteiger charge is -2.23. The van der Waals surface area contributed by atoms with Crippen molar-refractivity contribution in [3.05, 3.63) is 11.1 Å². The lowest BCUT2D eigenvalue weighted by atomic mass is 10.0. The summed E-state index contributed by atoms with van der Waals surface area (Å²) in [5.41, 5.74) is 1.69. The Kier molecular flexibility index (Phi) is 12.0. The molecule has 8 nitrogen and oxygen atoms in total. The molecule has 2 atom stereocenters. The van der Waals surface area contributed by atoms with Crippen molar-refractivity contribution in [2.75, 3.05) is 20.6 Å². The Labute approximate surface area is 181 Å². The van der Waals surface area contributed by atoms with Gasteiger partial charge in [-0.15, -0.1) is 0 Å². The minimum Gasteiger partial charge on any atom is -0.351 e. The summed E-state index contributed by atoms with van der Waals surface area (Å²) in [6, 6.07) is -1.16. The van der Waals surface area contributed by atoms with Crippen LogP contribution in [0.25, 0.3) is 0 Å². The summed E-state index contributed by atoms with van der Waals surface area (Å²) in [5, 5.41) is 8.31. The van der Waals surface area contributed by atoms with Gasteiger partial charge in [-0.2, -0.15) is 0 Å². The molecule has 0 bridgehead atoms. The van der Waals surface area contributed by atoms with Crippen molar-refractivity contribution < 1.29 is 19.2 Å². The zero-order valence-corrected chi connectivity index (χ0v) is 20.0. The second-order valence-electron chi connectivity index (χ2n) is 8.86. The molecular formula is C22H40N4O4. The largest absolute Gasteiger partial charge is 0.351 e. The predicted molar refractivity (Wildman–Crippen MR) is 119 cm³/mol. The molecule has 0 fully saturated rings. The van der Waals surface area contributed by atoms with Crippen molar-refractivity contribution in [3.8, 4) is 0 Å². The van der Waals surface area contributed by atoms with E-state index in [4.69, 9.17) is 0 Å².